The monoisotopic (exact) mass is 567 g/mol. The van der Waals surface area contributed by atoms with E-state index < -0.39 is 24.3 Å². The molecule has 39 heavy (non-hydrogen) atoms. The third kappa shape index (κ3) is 15.1. The number of hydrogen-bond acceptors (Lipinski definition) is 6. The maximum absolute atomic E-state index is 11.9. The van der Waals surface area contributed by atoms with E-state index in [2.05, 4.69) is 5.32 Å². The van der Waals surface area contributed by atoms with E-state index in [-0.39, 0.29) is 17.6 Å². The van der Waals surface area contributed by atoms with Crippen molar-refractivity contribution >= 4 is 35.2 Å². The van der Waals surface area contributed by atoms with Gasteiger partial charge in [0, 0.05) is 23.2 Å². The summed E-state index contributed by atoms with van der Waals surface area (Å²) in [4.78, 5) is 29.7. The molecule has 0 fully saturated rings. The number of nitrogens with one attached hydrogen (secondary N) is 3. The molecule has 2 rings (SSSR count). The lowest BCUT2D eigenvalue weighted by Gasteiger charge is -2.08. The summed E-state index contributed by atoms with van der Waals surface area (Å²) >= 11 is 0. The van der Waals surface area contributed by atoms with Gasteiger partial charge in [0.2, 0.25) is 5.91 Å². The number of benzene rings is 2. The minimum absolute atomic E-state index is 0.0103. The first-order valence-corrected chi connectivity index (χ1v) is 10.3. The molecule has 0 spiro atoms. The Kier molecular flexibility index (Phi) is 13.5. The highest BCUT2D eigenvalue weighted by Crippen LogP contribution is 2.15. The Morgan fingerprint density at radius 1 is 0.821 bits per heavy atom. The van der Waals surface area contributed by atoms with Crippen molar-refractivity contribution in [3.63, 3.8) is 0 Å². The molecule has 2 aromatic carbocycles. The van der Waals surface area contributed by atoms with Gasteiger partial charge < -0.3 is 31.7 Å². The Balaban J connectivity index is 0.000000848. The van der Waals surface area contributed by atoms with Crippen LogP contribution < -0.4 is 21.5 Å². The Hall–Kier alpha value is -4.83. The van der Waals surface area contributed by atoms with Gasteiger partial charge in [-0.15, -0.1) is 0 Å². The average molecular weight is 567 g/mol. The number of aliphatic carboxylic acids is 2. The molecule has 0 unspecified atom stereocenters. The van der Waals surface area contributed by atoms with E-state index in [0.29, 0.717) is 42.0 Å². The Morgan fingerprint density at radius 2 is 1.28 bits per heavy atom. The predicted molar refractivity (Wildman–Crippen MR) is 126 cm³/mol. The lowest BCUT2D eigenvalue weighted by molar-refractivity contribution is -0.193. The first-order chi connectivity index (χ1) is 17.8. The van der Waals surface area contributed by atoms with Gasteiger partial charge >= 0.3 is 24.3 Å². The van der Waals surface area contributed by atoms with Crippen LogP contribution in [0, 0.1) is 10.8 Å². The first-order valence-electron chi connectivity index (χ1n) is 10.3. The molecule has 1 amide bonds. The number of carboxylic acids is 2. The number of carbonyl (C=O) groups is 3. The number of anilines is 1. The van der Waals surface area contributed by atoms with Crippen LogP contribution in [0.5, 0.6) is 5.75 Å². The van der Waals surface area contributed by atoms with E-state index in [1.165, 1.54) is 0 Å². The highest BCUT2D eigenvalue weighted by Gasteiger charge is 2.38. The molecule has 0 heterocycles. The summed E-state index contributed by atoms with van der Waals surface area (Å²) in [5.41, 5.74) is 12.7. The molecular formula is C22H23F6N5O6. The highest BCUT2D eigenvalue weighted by atomic mass is 19.4. The summed E-state index contributed by atoms with van der Waals surface area (Å²) in [5.74, 6) is -5.03. The van der Waals surface area contributed by atoms with Gasteiger partial charge in [0.25, 0.3) is 0 Å². The summed E-state index contributed by atoms with van der Waals surface area (Å²) < 4.78 is 69.0. The van der Waals surface area contributed by atoms with Crippen LogP contribution in [-0.4, -0.2) is 58.7 Å². The van der Waals surface area contributed by atoms with E-state index in [1.54, 1.807) is 48.5 Å². The van der Waals surface area contributed by atoms with Crippen molar-refractivity contribution < 1.29 is 55.7 Å². The number of halogens is 6. The van der Waals surface area contributed by atoms with Crippen molar-refractivity contribution in [1.82, 2.24) is 0 Å². The Labute approximate surface area is 216 Å². The second-order valence-corrected chi connectivity index (χ2v) is 7.04. The van der Waals surface area contributed by atoms with E-state index in [0.717, 1.165) is 0 Å². The van der Waals surface area contributed by atoms with Crippen molar-refractivity contribution in [3.8, 4) is 5.75 Å². The standard InChI is InChI=1S/C18H21N5O2.2C2HF3O2/c19-17(20)12-6-8-14(9-7-12)23-16(24)5-2-10-25-15-4-1-3-13(11-15)18(21)22;2*3-2(4,5)1(6)7/h1,3-4,6-9,11H,2,5,10H2,(H3,19,20)(H3,21,22)(H,23,24);2*(H,6,7). The molecular weight excluding hydrogens is 544 g/mol. The van der Waals surface area contributed by atoms with Crippen LogP contribution in [0.4, 0.5) is 32.0 Å². The molecule has 9 N–H and O–H groups in total. The quantitative estimate of drug-likeness (QED) is 0.108. The SMILES string of the molecule is N=C(N)c1ccc(NC(=O)CCCOc2cccc(C(=N)N)c2)cc1.O=C(O)C(F)(F)F.O=C(O)C(F)(F)F. The summed E-state index contributed by atoms with van der Waals surface area (Å²) in [6.45, 7) is 0.387. The summed E-state index contributed by atoms with van der Waals surface area (Å²) in [6, 6.07) is 13.8. The van der Waals surface area contributed by atoms with E-state index in [4.69, 9.17) is 46.8 Å². The zero-order valence-corrected chi connectivity index (χ0v) is 19.7. The van der Waals surface area contributed by atoms with Crippen LogP contribution in [0.3, 0.4) is 0 Å². The van der Waals surface area contributed by atoms with Crippen molar-refractivity contribution in [1.29, 1.82) is 10.8 Å². The number of nitrogens with two attached hydrogens (primary N) is 2. The Morgan fingerprint density at radius 3 is 1.69 bits per heavy atom. The van der Waals surface area contributed by atoms with Gasteiger partial charge in [-0.2, -0.15) is 26.3 Å². The fourth-order valence-corrected chi connectivity index (χ4v) is 2.13. The molecule has 0 aliphatic rings. The van der Waals surface area contributed by atoms with Gasteiger partial charge in [-0.05, 0) is 42.8 Å². The molecule has 214 valence electrons. The zero-order valence-electron chi connectivity index (χ0n) is 19.7. The molecule has 0 aliphatic carbocycles. The largest absolute Gasteiger partial charge is 0.494 e. The minimum atomic E-state index is -5.08. The molecule has 17 heteroatoms. The number of amidine groups is 2. The maximum Gasteiger partial charge on any atom is 0.490 e. The number of alkyl halides is 6. The van der Waals surface area contributed by atoms with Gasteiger partial charge in [-0.25, -0.2) is 9.59 Å². The van der Waals surface area contributed by atoms with Crippen LogP contribution in [-0.2, 0) is 14.4 Å². The molecule has 0 atom stereocenters. The van der Waals surface area contributed by atoms with Crippen molar-refractivity contribution in [2.45, 2.75) is 25.2 Å². The van der Waals surface area contributed by atoms with E-state index in [9.17, 15) is 31.1 Å². The van der Waals surface area contributed by atoms with Crippen molar-refractivity contribution in [2.24, 2.45) is 11.5 Å². The fourth-order valence-electron chi connectivity index (χ4n) is 2.13. The number of rotatable bonds is 8. The van der Waals surface area contributed by atoms with Crippen LogP contribution in [0.1, 0.15) is 24.0 Å². The normalized spacial score (nSPS) is 10.5. The number of nitrogen functional groups attached to an aromatic ring is 2. The lowest BCUT2D eigenvalue weighted by atomic mass is 10.2. The molecule has 0 saturated carbocycles. The van der Waals surface area contributed by atoms with Crippen LogP contribution >= 0.6 is 0 Å². The smallest absolute Gasteiger partial charge is 0.490 e. The van der Waals surface area contributed by atoms with E-state index >= 15 is 0 Å². The second-order valence-electron chi connectivity index (χ2n) is 7.04. The lowest BCUT2D eigenvalue weighted by Crippen LogP contribution is -2.21. The summed E-state index contributed by atoms with van der Waals surface area (Å²) in [5, 5.41) is 31.8. The fraction of sp³-hybridized carbons (Fsp3) is 0.227. The first kappa shape index (κ1) is 34.2. The van der Waals surface area contributed by atoms with Crippen molar-refractivity contribution in [3.05, 3.63) is 59.7 Å². The topological polar surface area (TPSA) is 213 Å². The van der Waals surface area contributed by atoms with Gasteiger partial charge in [0.1, 0.15) is 17.4 Å². The van der Waals surface area contributed by atoms with Gasteiger partial charge in [-0.3, -0.25) is 15.6 Å². The number of hydrogen-bond donors (Lipinski definition) is 7. The third-order valence-corrected chi connectivity index (χ3v) is 3.93. The van der Waals surface area contributed by atoms with Crippen LogP contribution in [0.25, 0.3) is 0 Å². The molecule has 0 saturated heterocycles. The van der Waals surface area contributed by atoms with E-state index in [1.807, 2.05) is 0 Å². The maximum atomic E-state index is 11.9. The molecule has 0 bridgehead atoms. The van der Waals surface area contributed by atoms with Gasteiger partial charge in [0.05, 0.1) is 6.61 Å². The number of carboxylic acid groups (broad SMARTS) is 2. The number of carbonyl (C=O) groups excluding carboxylic acids is 1. The predicted octanol–water partition coefficient (Wildman–Crippen LogP) is 3.32. The summed E-state index contributed by atoms with van der Waals surface area (Å²) in [6.07, 6.45) is -9.29. The zero-order chi connectivity index (χ0) is 30.4. The molecule has 11 nitrogen and oxygen atoms in total. The van der Waals surface area contributed by atoms with Gasteiger partial charge in [-0.1, -0.05) is 12.1 Å². The summed E-state index contributed by atoms with van der Waals surface area (Å²) in [7, 11) is 0. The molecule has 0 aromatic heterocycles. The van der Waals surface area contributed by atoms with Crippen LogP contribution in [0.2, 0.25) is 0 Å². The molecule has 2 aromatic rings. The second kappa shape index (κ2) is 15.4. The number of ether oxygens (including phenoxy) is 1. The average Bonchev–Trinajstić information content (AvgIpc) is 2.82. The third-order valence-electron chi connectivity index (χ3n) is 3.93. The Bertz CT molecular complexity index is 1130. The van der Waals surface area contributed by atoms with Gasteiger partial charge in [0.15, 0.2) is 0 Å². The highest BCUT2D eigenvalue weighted by molar-refractivity contribution is 5.96. The number of amides is 1. The molecule has 0 radical (unpaired) electrons. The molecule has 0 aliphatic heterocycles. The van der Waals surface area contributed by atoms with Crippen LogP contribution in [0.15, 0.2) is 48.5 Å². The minimum Gasteiger partial charge on any atom is -0.494 e. The van der Waals surface area contributed by atoms with Crippen molar-refractivity contribution in [2.75, 3.05) is 11.9 Å².